The van der Waals surface area contributed by atoms with Gasteiger partial charge in [0.15, 0.2) is 0 Å². The van der Waals surface area contributed by atoms with Crippen LogP contribution in [-0.2, 0) is 4.79 Å². The predicted octanol–water partition coefficient (Wildman–Crippen LogP) is 4.35. The number of benzene rings is 1. The van der Waals surface area contributed by atoms with Gasteiger partial charge in [0.05, 0.1) is 23.3 Å². The summed E-state index contributed by atoms with van der Waals surface area (Å²) in [6.45, 7) is 5.59. The van der Waals surface area contributed by atoms with Crippen LogP contribution in [0.15, 0.2) is 18.5 Å². The van der Waals surface area contributed by atoms with Crippen molar-refractivity contribution in [3.05, 3.63) is 41.1 Å². The zero-order chi connectivity index (χ0) is 25.4. The average molecular weight is 494 g/mol. The first kappa shape index (κ1) is 24.2. The summed E-state index contributed by atoms with van der Waals surface area (Å²) in [6, 6.07) is 3.66. The number of hydrogen-bond acceptors (Lipinski definition) is 5. The van der Waals surface area contributed by atoms with Gasteiger partial charge in [0.2, 0.25) is 5.91 Å². The Bertz CT molecular complexity index is 1310. The highest BCUT2D eigenvalue weighted by Gasteiger charge is 2.28. The Morgan fingerprint density at radius 1 is 1.06 bits per heavy atom. The lowest BCUT2D eigenvalue weighted by molar-refractivity contribution is -0.119. The topological polar surface area (TPSA) is 109 Å². The monoisotopic (exact) mass is 493 g/mol. The SMILES string of the molecule is CC(=O)NC1CCC(NC(=O)c2c(C)[nH]c3c(-c4c(OCC5CC5)ccc(C)c4F)ncnc23)CC1. The second-order valence-corrected chi connectivity index (χ2v) is 10.1. The highest BCUT2D eigenvalue weighted by molar-refractivity contribution is 6.09. The van der Waals surface area contributed by atoms with Gasteiger partial charge in [0, 0.05) is 24.7 Å². The lowest BCUT2D eigenvalue weighted by Crippen LogP contribution is -2.43. The van der Waals surface area contributed by atoms with E-state index in [0.29, 0.717) is 51.8 Å². The molecule has 36 heavy (non-hydrogen) atoms. The van der Waals surface area contributed by atoms with Crippen molar-refractivity contribution in [3.63, 3.8) is 0 Å². The Kier molecular flexibility index (Phi) is 6.64. The number of aromatic nitrogens is 3. The molecule has 0 radical (unpaired) electrons. The van der Waals surface area contributed by atoms with E-state index < -0.39 is 5.82 Å². The third-order valence-electron chi connectivity index (χ3n) is 7.17. The predicted molar refractivity (Wildman–Crippen MR) is 134 cm³/mol. The maximum Gasteiger partial charge on any atom is 0.255 e. The Morgan fingerprint density at radius 2 is 1.75 bits per heavy atom. The molecule has 2 aliphatic carbocycles. The summed E-state index contributed by atoms with van der Waals surface area (Å²) in [7, 11) is 0. The zero-order valence-corrected chi connectivity index (χ0v) is 20.9. The van der Waals surface area contributed by atoms with Gasteiger partial charge in [-0.25, -0.2) is 14.4 Å². The molecular formula is C27H32FN5O3. The molecule has 5 rings (SSSR count). The number of ether oxygens (including phenoxy) is 1. The summed E-state index contributed by atoms with van der Waals surface area (Å²) in [5, 5.41) is 6.08. The summed E-state index contributed by atoms with van der Waals surface area (Å²) in [5.74, 6) is 0.320. The van der Waals surface area contributed by atoms with E-state index >= 15 is 4.39 Å². The minimum absolute atomic E-state index is 0.0183. The van der Waals surface area contributed by atoms with E-state index in [0.717, 1.165) is 38.5 Å². The fourth-order valence-corrected chi connectivity index (χ4v) is 5.01. The van der Waals surface area contributed by atoms with Gasteiger partial charge in [0.1, 0.15) is 29.1 Å². The van der Waals surface area contributed by atoms with Crippen LogP contribution in [0, 0.1) is 25.6 Å². The number of aromatic amines is 1. The lowest BCUT2D eigenvalue weighted by atomic mass is 9.91. The normalized spacial score (nSPS) is 19.8. The van der Waals surface area contributed by atoms with Crippen molar-refractivity contribution >= 4 is 22.8 Å². The maximum atomic E-state index is 15.4. The van der Waals surface area contributed by atoms with Crippen molar-refractivity contribution in [1.29, 1.82) is 0 Å². The molecule has 2 saturated carbocycles. The maximum absolute atomic E-state index is 15.4. The molecule has 0 saturated heterocycles. The van der Waals surface area contributed by atoms with E-state index in [9.17, 15) is 9.59 Å². The number of aryl methyl sites for hydroxylation is 2. The molecule has 1 aromatic carbocycles. The number of nitrogens with one attached hydrogen (secondary N) is 3. The molecule has 0 unspecified atom stereocenters. The van der Waals surface area contributed by atoms with E-state index in [1.807, 2.05) is 6.92 Å². The first-order valence-corrected chi connectivity index (χ1v) is 12.6. The number of amides is 2. The fraction of sp³-hybridized carbons (Fsp3) is 0.481. The van der Waals surface area contributed by atoms with Crippen molar-refractivity contribution in [2.24, 2.45) is 5.92 Å². The summed E-state index contributed by atoms with van der Waals surface area (Å²) >= 11 is 0. The minimum Gasteiger partial charge on any atom is -0.492 e. The molecule has 3 aromatic rings. The number of carbonyl (C=O) groups is 2. The van der Waals surface area contributed by atoms with Crippen LogP contribution in [-0.4, -0.2) is 45.5 Å². The Morgan fingerprint density at radius 3 is 2.42 bits per heavy atom. The molecule has 0 spiro atoms. The highest BCUT2D eigenvalue weighted by atomic mass is 19.1. The first-order chi connectivity index (χ1) is 17.3. The van der Waals surface area contributed by atoms with Crippen LogP contribution in [0.2, 0.25) is 0 Å². The van der Waals surface area contributed by atoms with Gasteiger partial charge in [0.25, 0.3) is 5.91 Å². The quantitative estimate of drug-likeness (QED) is 0.454. The van der Waals surface area contributed by atoms with Crippen LogP contribution in [0.1, 0.15) is 67.1 Å². The number of nitrogens with zero attached hydrogens (tertiary/aromatic N) is 2. The third kappa shape index (κ3) is 4.92. The minimum atomic E-state index is -0.391. The van der Waals surface area contributed by atoms with Crippen LogP contribution < -0.4 is 15.4 Å². The number of halogens is 1. The molecule has 190 valence electrons. The number of rotatable bonds is 7. The molecular weight excluding hydrogens is 461 g/mol. The Labute approximate surface area is 209 Å². The van der Waals surface area contributed by atoms with Gasteiger partial charge in [-0.1, -0.05) is 6.07 Å². The summed E-state index contributed by atoms with van der Waals surface area (Å²) < 4.78 is 21.4. The van der Waals surface area contributed by atoms with Gasteiger partial charge in [-0.3, -0.25) is 9.59 Å². The van der Waals surface area contributed by atoms with Crippen molar-refractivity contribution < 1.29 is 18.7 Å². The van der Waals surface area contributed by atoms with Gasteiger partial charge < -0.3 is 20.4 Å². The van der Waals surface area contributed by atoms with Crippen LogP contribution in [0.3, 0.4) is 0 Å². The van der Waals surface area contributed by atoms with Crippen molar-refractivity contribution in [2.75, 3.05) is 6.61 Å². The molecule has 0 atom stereocenters. The fourth-order valence-electron chi connectivity index (χ4n) is 5.01. The van der Waals surface area contributed by atoms with Crippen molar-refractivity contribution in [3.8, 4) is 17.0 Å². The van der Waals surface area contributed by atoms with Crippen LogP contribution in [0.4, 0.5) is 4.39 Å². The molecule has 9 heteroatoms. The average Bonchev–Trinajstić information content (AvgIpc) is 3.60. The third-order valence-corrected chi connectivity index (χ3v) is 7.17. The second kappa shape index (κ2) is 9.87. The van der Waals surface area contributed by atoms with E-state index in [-0.39, 0.29) is 29.5 Å². The van der Waals surface area contributed by atoms with E-state index in [1.54, 1.807) is 19.1 Å². The molecule has 2 aliphatic rings. The molecule has 2 fully saturated rings. The standard InChI is InChI=1S/C27H32FN5O3/c1-14-4-11-20(36-12-17-5-6-17)22(23(14)28)25-26-24(29-13-30-25)21(15(2)31-26)27(35)33-19-9-7-18(8-10-19)32-16(3)34/h4,11,13,17-19,31H,5-10,12H2,1-3H3,(H,32,34)(H,33,35). The van der Waals surface area contributed by atoms with Gasteiger partial charge in [-0.2, -0.15) is 0 Å². The van der Waals surface area contributed by atoms with Gasteiger partial charge >= 0.3 is 0 Å². The van der Waals surface area contributed by atoms with E-state index in [2.05, 4.69) is 25.6 Å². The number of H-pyrrole nitrogens is 1. The zero-order valence-electron chi connectivity index (χ0n) is 20.9. The first-order valence-electron chi connectivity index (χ1n) is 12.6. The molecule has 3 N–H and O–H groups in total. The molecule has 0 bridgehead atoms. The van der Waals surface area contributed by atoms with Crippen molar-refractivity contribution in [2.45, 2.75) is 71.4 Å². The smallest absolute Gasteiger partial charge is 0.255 e. The van der Waals surface area contributed by atoms with E-state index in [4.69, 9.17) is 4.74 Å². The van der Waals surface area contributed by atoms with Gasteiger partial charge in [-0.05, 0) is 69.9 Å². The highest BCUT2D eigenvalue weighted by Crippen LogP contribution is 2.39. The van der Waals surface area contributed by atoms with Crippen LogP contribution >= 0.6 is 0 Å². The number of hydrogen-bond donors (Lipinski definition) is 3. The summed E-state index contributed by atoms with van der Waals surface area (Å²) in [5.41, 5.74) is 3.20. The molecule has 2 amide bonds. The van der Waals surface area contributed by atoms with Crippen molar-refractivity contribution in [1.82, 2.24) is 25.6 Å². The van der Waals surface area contributed by atoms with Gasteiger partial charge in [-0.15, -0.1) is 0 Å². The second-order valence-electron chi connectivity index (χ2n) is 10.1. The Balaban J connectivity index is 1.43. The molecule has 2 aromatic heterocycles. The molecule has 2 heterocycles. The number of carbonyl (C=O) groups excluding carboxylic acids is 2. The lowest BCUT2D eigenvalue weighted by Gasteiger charge is -2.29. The number of fused-ring (bicyclic) bond motifs is 1. The van der Waals surface area contributed by atoms with Crippen LogP contribution in [0.5, 0.6) is 5.75 Å². The van der Waals surface area contributed by atoms with E-state index in [1.165, 1.54) is 13.3 Å². The Hall–Kier alpha value is -3.49. The molecule has 8 nitrogen and oxygen atoms in total. The van der Waals surface area contributed by atoms with Crippen LogP contribution in [0.25, 0.3) is 22.3 Å². The summed E-state index contributed by atoms with van der Waals surface area (Å²) in [4.78, 5) is 36.7. The largest absolute Gasteiger partial charge is 0.492 e. The summed E-state index contributed by atoms with van der Waals surface area (Å²) in [6.07, 6.45) is 6.84. The molecule has 0 aliphatic heterocycles.